The zero-order valence-corrected chi connectivity index (χ0v) is 13.6. The summed E-state index contributed by atoms with van der Waals surface area (Å²) in [5.74, 6) is 0. The summed E-state index contributed by atoms with van der Waals surface area (Å²) in [6.07, 6.45) is 1.49. The lowest BCUT2D eigenvalue weighted by atomic mass is 9.82. The molecule has 0 fully saturated rings. The van der Waals surface area contributed by atoms with Crippen LogP contribution >= 0.6 is 0 Å². The molecule has 1 rings (SSSR count). The van der Waals surface area contributed by atoms with Crippen LogP contribution in [0.4, 0.5) is 4.79 Å². The van der Waals surface area contributed by atoms with Gasteiger partial charge in [0.1, 0.15) is 0 Å². The number of aliphatic hydroxyl groups is 1. The molecule has 1 aromatic rings. The summed E-state index contributed by atoms with van der Waals surface area (Å²) in [6, 6.07) is 8.17. The maximum absolute atomic E-state index is 11.9. The lowest BCUT2D eigenvalue weighted by Crippen LogP contribution is -2.45. The molecule has 118 valence electrons. The Bertz CT molecular complexity index is 458. The average molecular weight is 292 g/mol. The minimum absolute atomic E-state index is 0.0683. The van der Waals surface area contributed by atoms with Crippen molar-refractivity contribution in [2.24, 2.45) is 0 Å². The van der Waals surface area contributed by atoms with Crippen molar-refractivity contribution in [3.63, 3.8) is 0 Å². The van der Waals surface area contributed by atoms with E-state index in [0.717, 1.165) is 6.42 Å². The number of aliphatic hydroxyl groups excluding tert-OH is 1. The minimum atomic E-state index is -0.151. The van der Waals surface area contributed by atoms with Crippen LogP contribution in [0.2, 0.25) is 0 Å². The van der Waals surface area contributed by atoms with Gasteiger partial charge >= 0.3 is 6.03 Å². The standard InChI is InChI=1S/C17H28N2O2/c1-13-8-5-6-10-15(13)17(3,4)12-18-16(21)19-14(2)9-7-11-20/h5-6,8,10,14,20H,7,9,11-12H2,1-4H3,(H2,18,19,21). The van der Waals surface area contributed by atoms with Gasteiger partial charge in [-0.25, -0.2) is 4.79 Å². The number of carbonyl (C=O) groups excluding carboxylic acids is 1. The van der Waals surface area contributed by atoms with Gasteiger partial charge in [0, 0.05) is 24.6 Å². The van der Waals surface area contributed by atoms with Gasteiger partial charge in [0.15, 0.2) is 0 Å². The number of hydrogen-bond acceptors (Lipinski definition) is 2. The number of carbonyl (C=O) groups is 1. The molecular weight excluding hydrogens is 264 g/mol. The first-order chi connectivity index (χ1) is 9.86. The van der Waals surface area contributed by atoms with Gasteiger partial charge in [0.25, 0.3) is 0 Å². The van der Waals surface area contributed by atoms with Crippen LogP contribution in [0.3, 0.4) is 0 Å². The van der Waals surface area contributed by atoms with Gasteiger partial charge in [0.05, 0.1) is 0 Å². The van der Waals surface area contributed by atoms with Crippen molar-refractivity contribution in [2.75, 3.05) is 13.2 Å². The van der Waals surface area contributed by atoms with Gasteiger partial charge in [0.2, 0.25) is 0 Å². The Hall–Kier alpha value is -1.55. The molecule has 0 aliphatic heterocycles. The summed E-state index contributed by atoms with van der Waals surface area (Å²) in [5.41, 5.74) is 2.37. The van der Waals surface area contributed by atoms with E-state index in [0.29, 0.717) is 13.0 Å². The molecule has 0 bridgehead atoms. The monoisotopic (exact) mass is 292 g/mol. The second-order valence-electron chi connectivity index (χ2n) is 6.29. The van der Waals surface area contributed by atoms with E-state index in [9.17, 15) is 4.79 Å². The van der Waals surface area contributed by atoms with Crippen molar-refractivity contribution in [1.29, 1.82) is 0 Å². The predicted molar refractivity (Wildman–Crippen MR) is 86.5 cm³/mol. The largest absolute Gasteiger partial charge is 0.396 e. The van der Waals surface area contributed by atoms with Gasteiger partial charge in [-0.05, 0) is 37.8 Å². The van der Waals surface area contributed by atoms with E-state index < -0.39 is 0 Å². The topological polar surface area (TPSA) is 61.4 Å². The summed E-state index contributed by atoms with van der Waals surface area (Å²) in [4.78, 5) is 11.9. The molecular formula is C17H28N2O2. The maximum Gasteiger partial charge on any atom is 0.315 e. The number of nitrogens with one attached hydrogen (secondary N) is 2. The van der Waals surface area contributed by atoms with Gasteiger partial charge < -0.3 is 15.7 Å². The average Bonchev–Trinajstić information content (AvgIpc) is 2.43. The molecule has 0 radical (unpaired) electrons. The molecule has 0 heterocycles. The second kappa shape index (κ2) is 8.03. The van der Waals surface area contributed by atoms with E-state index >= 15 is 0 Å². The molecule has 1 aromatic carbocycles. The molecule has 21 heavy (non-hydrogen) atoms. The molecule has 0 aliphatic rings. The molecule has 1 unspecified atom stereocenters. The van der Waals surface area contributed by atoms with Crippen molar-refractivity contribution in [2.45, 2.75) is 52.0 Å². The van der Waals surface area contributed by atoms with Crippen molar-refractivity contribution >= 4 is 6.03 Å². The Kier molecular flexibility index (Phi) is 6.69. The number of hydrogen-bond donors (Lipinski definition) is 3. The molecule has 0 saturated heterocycles. The quantitative estimate of drug-likeness (QED) is 0.723. The maximum atomic E-state index is 11.9. The van der Waals surface area contributed by atoms with Gasteiger partial charge in [-0.15, -0.1) is 0 Å². The van der Waals surface area contributed by atoms with E-state index in [4.69, 9.17) is 5.11 Å². The highest BCUT2D eigenvalue weighted by molar-refractivity contribution is 5.74. The summed E-state index contributed by atoms with van der Waals surface area (Å²) in [7, 11) is 0. The first kappa shape index (κ1) is 17.5. The summed E-state index contributed by atoms with van der Waals surface area (Å²) in [6.45, 7) is 9.04. The molecule has 0 spiro atoms. The van der Waals surface area contributed by atoms with Crippen LogP contribution in [0.25, 0.3) is 0 Å². The zero-order chi connectivity index (χ0) is 15.9. The number of urea groups is 1. The van der Waals surface area contributed by atoms with Crippen LogP contribution < -0.4 is 10.6 Å². The van der Waals surface area contributed by atoms with Crippen LogP contribution in [0, 0.1) is 6.92 Å². The summed E-state index contributed by atoms with van der Waals surface area (Å²) in [5, 5.41) is 14.6. The van der Waals surface area contributed by atoms with Crippen molar-refractivity contribution in [1.82, 2.24) is 10.6 Å². The van der Waals surface area contributed by atoms with E-state index in [2.05, 4.69) is 43.5 Å². The second-order valence-corrected chi connectivity index (χ2v) is 6.29. The fourth-order valence-electron chi connectivity index (χ4n) is 2.47. The zero-order valence-electron chi connectivity index (χ0n) is 13.6. The third-order valence-corrected chi connectivity index (χ3v) is 3.74. The fraction of sp³-hybridized carbons (Fsp3) is 0.588. The van der Waals surface area contributed by atoms with Gasteiger partial charge in [-0.3, -0.25) is 0 Å². The molecule has 0 saturated carbocycles. The highest BCUT2D eigenvalue weighted by Crippen LogP contribution is 2.25. The van der Waals surface area contributed by atoms with Crippen LogP contribution in [0.5, 0.6) is 0 Å². The van der Waals surface area contributed by atoms with Crippen LogP contribution in [-0.4, -0.2) is 30.3 Å². The Morgan fingerprint density at radius 2 is 2.00 bits per heavy atom. The highest BCUT2D eigenvalue weighted by Gasteiger charge is 2.23. The van der Waals surface area contributed by atoms with E-state index in [1.54, 1.807) is 0 Å². The first-order valence-electron chi connectivity index (χ1n) is 7.58. The molecule has 4 nitrogen and oxygen atoms in total. The Morgan fingerprint density at radius 1 is 1.33 bits per heavy atom. The number of rotatable bonds is 7. The first-order valence-corrected chi connectivity index (χ1v) is 7.58. The molecule has 3 N–H and O–H groups in total. The molecule has 1 atom stereocenters. The van der Waals surface area contributed by atoms with Gasteiger partial charge in [-0.2, -0.15) is 0 Å². The van der Waals surface area contributed by atoms with E-state index in [1.165, 1.54) is 11.1 Å². The summed E-state index contributed by atoms with van der Waals surface area (Å²) < 4.78 is 0. The highest BCUT2D eigenvalue weighted by atomic mass is 16.3. The number of amides is 2. The van der Waals surface area contributed by atoms with E-state index in [-0.39, 0.29) is 24.1 Å². The predicted octanol–water partition coefficient (Wildman–Crippen LogP) is 2.73. The fourth-order valence-corrected chi connectivity index (χ4v) is 2.47. The van der Waals surface area contributed by atoms with Crippen LogP contribution in [-0.2, 0) is 5.41 Å². The molecule has 2 amide bonds. The SMILES string of the molecule is Cc1ccccc1C(C)(C)CNC(=O)NC(C)CCCO. The van der Waals surface area contributed by atoms with Gasteiger partial charge in [-0.1, -0.05) is 38.1 Å². The Labute approximate surface area is 128 Å². The summed E-state index contributed by atoms with van der Waals surface area (Å²) >= 11 is 0. The van der Waals surface area contributed by atoms with Crippen molar-refractivity contribution in [3.8, 4) is 0 Å². The Morgan fingerprint density at radius 3 is 2.62 bits per heavy atom. The van der Waals surface area contributed by atoms with Crippen LogP contribution in [0.15, 0.2) is 24.3 Å². The molecule has 0 aliphatic carbocycles. The van der Waals surface area contributed by atoms with Crippen molar-refractivity contribution in [3.05, 3.63) is 35.4 Å². The third-order valence-electron chi connectivity index (χ3n) is 3.74. The third kappa shape index (κ3) is 5.76. The smallest absolute Gasteiger partial charge is 0.315 e. The van der Waals surface area contributed by atoms with Crippen molar-refractivity contribution < 1.29 is 9.90 Å². The van der Waals surface area contributed by atoms with Crippen LogP contribution in [0.1, 0.15) is 44.7 Å². The minimum Gasteiger partial charge on any atom is -0.396 e. The molecule has 4 heteroatoms. The lowest BCUT2D eigenvalue weighted by Gasteiger charge is -2.28. The normalized spacial score (nSPS) is 12.8. The Balaban J connectivity index is 2.50. The molecule has 0 aromatic heterocycles. The number of aryl methyl sites for hydroxylation is 1. The van der Waals surface area contributed by atoms with E-state index in [1.807, 2.05) is 19.1 Å². The number of benzene rings is 1. The lowest BCUT2D eigenvalue weighted by molar-refractivity contribution is 0.232.